The number of carbonyl (C=O) groups is 1. The molecule has 5 nitrogen and oxygen atoms in total. The molecule has 1 aromatic heterocycles. The summed E-state index contributed by atoms with van der Waals surface area (Å²) in [4.78, 5) is 17.1. The van der Waals surface area contributed by atoms with E-state index in [1.165, 1.54) is 0 Å². The van der Waals surface area contributed by atoms with E-state index < -0.39 is 0 Å². The molecule has 1 amide bonds. The SMILES string of the molecule is NC(=O)CN(Cc1ccc(N)cc1)Cc1ccncc1Cl. The Morgan fingerprint density at radius 2 is 1.90 bits per heavy atom. The zero-order valence-corrected chi connectivity index (χ0v) is 12.3. The van der Waals surface area contributed by atoms with E-state index in [4.69, 9.17) is 23.1 Å². The van der Waals surface area contributed by atoms with Crippen LogP contribution in [0.1, 0.15) is 11.1 Å². The monoisotopic (exact) mass is 304 g/mol. The molecular weight excluding hydrogens is 288 g/mol. The van der Waals surface area contributed by atoms with E-state index in [0.717, 1.165) is 11.1 Å². The van der Waals surface area contributed by atoms with E-state index in [1.807, 2.05) is 35.2 Å². The molecule has 0 bridgehead atoms. The molecule has 0 spiro atoms. The molecule has 2 rings (SSSR count). The van der Waals surface area contributed by atoms with Gasteiger partial charge in [0, 0.05) is 31.2 Å². The summed E-state index contributed by atoms with van der Waals surface area (Å²) in [5, 5.41) is 0.573. The number of anilines is 1. The molecule has 21 heavy (non-hydrogen) atoms. The predicted molar refractivity (Wildman–Crippen MR) is 83.4 cm³/mol. The number of pyridine rings is 1. The third kappa shape index (κ3) is 4.73. The summed E-state index contributed by atoms with van der Waals surface area (Å²) in [6.07, 6.45) is 3.26. The molecule has 0 fully saturated rings. The van der Waals surface area contributed by atoms with Crippen LogP contribution in [0.15, 0.2) is 42.7 Å². The van der Waals surface area contributed by atoms with Crippen molar-refractivity contribution in [2.45, 2.75) is 13.1 Å². The van der Waals surface area contributed by atoms with Crippen LogP contribution in [0.2, 0.25) is 5.02 Å². The molecule has 110 valence electrons. The summed E-state index contributed by atoms with van der Waals surface area (Å²) < 4.78 is 0. The van der Waals surface area contributed by atoms with E-state index >= 15 is 0 Å². The van der Waals surface area contributed by atoms with E-state index in [-0.39, 0.29) is 12.5 Å². The van der Waals surface area contributed by atoms with E-state index in [9.17, 15) is 4.79 Å². The van der Waals surface area contributed by atoms with Crippen LogP contribution in [-0.4, -0.2) is 22.3 Å². The standard InChI is InChI=1S/C15H17ClN4O/c16-14-7-19-6-5-12(14)9-20(10-15(18)21)8-11-1-3-13(17)4-2-11/h1-7H,8-10,17H2,(H2,18,21). The Morgan fingerprint density at radius 1 is 1.19 bits per heavy atom. The summed E-state index contributed by atoms with van der Waals surface area (Å²) in [6, 6.07) is 9.35. The maximum Gasteiger partial charge on any atom is 0.231 e. The Balaban J connectivity index is 2.12. The van der Waals surface area contributed by atoms with Gasteiger partial charge in [0.25, 0.3) is 0 Å². The minimum atomic E-state index is -0.379. The summed E-state index contributed by atoms with van der Waals surface area (Å²) in [5.74, 6) is -0.379. The van der Waals surface area contributed by atoms with Gasteiger partial charge in [0.2, 0.25) is 5.91 Å². The first-order valence-corrected chi connectivity index (χ1v) is 6.86. The Morgan fingerprint density at radius 3 is 2.52 bits per heavy atom. The summed E-state index contributed by atoms with van der Waals surface area (Å²) in [7, 11) is 0. The van der Waals surface area contributed by atoms with Gasteiger partial charge in [0.15, 0.2) is 0 Å². The molecule has 0 saturated heterocycles. The number of benzene rings is 1. The molecule has 0 radical (unpaired) electrons. The van der Waals surface area contributed by atoms with Crippen LogP contribution >= 0.6 is 11.6 Å². The number of nitrogens with two attached hydrogens (primary N) is 2. The Bertz CT molecular complexity index is 615. The minimum absolute atomic E-state index is 0.156. The molecule has 0 unspecified atom stereocenters. The smallest absolute Gasteiger partial charge is 0.231 e. The van der Waals surface area contributed by atoms with Gasteiger partial charge in [-0.3, -0.25) is 14.7 Å². The average molecular weight is 305 g/mol. The zero-order chi connectivity index (χ0) is 15.2. The van der Waals surface area contributed by atoms with Crippen molar-refractivity contribution in [1.82, 2.24) is 9.88 Å². The topological polar surface area (TPSA) is 85.2 Å². The average Bonchev–Trinajstić information content (AvgIpc) is 2.43. The number of hydrogen-bond acceptors (Lipinski definition) is 4. The Hall–Kier alpha value is -2.11. The lowest BCUT2D eigenvalue weighted by molar-refractivity contribution is -0.119. The molecule has 0 atom stereocenters. The van der Waals surface area contributed by atoms with E-state index in [1.54, 1.807) is 12.4 Å². The lowest BCUT2D eigenvalue weighted by Gasteiger charge is -2.21. The number of hydrogen-bond donors (Lipinski definition) is 2. The zero-order valence-electron chi connectivity index (χ0n) is 11.5. The number of halogens is 1. The van der Waals surface area contributed by atoms with Crippen LogP contribution in [-0.2, 0) is 17.9 Å². The molecule has 0 aliphatic carbocycles. The first-order valence-electron chi connectivity index (χ1n) is 6.48. The van der Waals surface area contributed by atoms with Crippen LogP contribution in [0, 0.1) is 0 Å². The fraction of sp³-hybridized carbons (Fsp3) is 0.200. The molecule has 6 heteroatoms. The van der Waals surface area contributed by atoms with Gasteiger partial charge in [-0.1, -0.05) is 23.7 Å². The normalized spacial score (nSPS) is 10.8. The van der Waals surface area contributed by atoms with Crippen LogP contribution in [0.4, 0.5) is 5.69 Å². The van der Waals surface area contributed by atoms with Gasteiger partial charge < -0.3 is 11.5 Å². The van der Waals surface area contributed by atoms with Crippen molar-refractivity contribution in [2.24, 2.45) is 5.73 Å². The van der Waals surface area contributed by atoms with Crippen molar-refractivity contribution >= 4 is 23.2 Å². The largest absolute Gasteiger partial charge is 0.399 e. The van der Waals surface area contributed by atoms with Crippen molar-refractivity contribution < 1.29 is 4.79 Å². The number of nitrogen functional groups attached to an aromatic ring is 1. The van der Waals surface area contributed by atoms with Gasteiger partial charge in [-0.05, 0) is 29.3 Å². The molecule has 2 aromatic rings. The van der Waals surface area contributed by atoms with Crippen LogP contribution < -0.4 is 11.5 Å². The maximum atomic E-state index is 11.2. The van der Waals surface area contributed by atoms with Gasteiger partial charge in [0.1, 0.15) is 0 Å². The summed E-state index contributed by atoms with van der Waals surface area (Å²) in [6.45, 7) is 1.26. The number of aromatic nitrogens is 1. The summed E-state index contributed by atoms with van der Waals surface area (Å²) in [5.41, 5.74) is 13.6. The molecule has 0 saturated carbocycles. The highest BCUT2D eigenvalue weighted by molar-refractivity contribution is 6.31. The fourth-order valence-electron chi connectivity index (χ4n) is 2.04. The number of nitrogens with zero attached hydrogens (tertiary/aromatic N) is 2. The van der Waals surface area contributed by atoms with Crippen LogP contribution in [0.5, 0.6) is 0 Å². The molecule has 1 aromatic carbocycles. The van der Waals surface area contributed by atoms with Gasteiger partial charge in [-0.2, -0.15) is 0 Å². The highest BCUT2D eigenvalue weighted by Gasteiger charge is 2.12. The third-order valence-corrected chi connectivity index (χ3v) is 3.36. The summed E-state index contributed by atoms with van der Waals surface area (Å²) >= 11 is 6.11. The number of carbonyl (C=O) groups excluding carboxylic acids is 1. The van der Waals surface area contributed by atoms with Gasteiger partial charge in [0.05, 0.1) is 11.6 Å². The maximum absolute atomic E-state index is 11.2. The number of primary amides is 1. The quantitative estimate of drug-likeness (QED) is 0.797. The molecule has 0 aliphatic rings. The fourth-order valence-corrected chi connectivity index (χ4v) is 2.22. The van der Waals surface area contributed by atoms with Crippen molar-refractivity contribution in [2.75, 3.05) is 12.3 Å². The Kier molecular flexibility index (Phi) is 5.14. The van der Waals surface area contributed by atoms with Crippen molar-refractivity contribution in [3.8, 4) is 0 Å². The first-order chi connectivity index (χ1) is 10.0. The van der Waals surface area contributed by atoms with Gasteiger partial charge in [-0.25, -0.2) is 0 Å². The molecular formula is C15H17ClN4O. The number of rotatable bonds is 6. The first kappa shape index (κ1) is 15.3. The van der Waals surface area contributed by atoms with E-state index in [0.29, 0.717) is 23.8 Å². The van der Waals surface area contributed by atoms with Gasteiger partial charge >= 0.3 is 0 Å². The Labute approximate surface area is 128 Å². The second kappa shape index (κ2) is 7.06. The van der Waals surface area contributed by atoms with Crippen LogP contribution in [0.3, 0.4) is 0 Å². The molecule has 0 aliphatic heterocycles. The van der Waals surface area contributed by atoms with Crippen molar-refractivity contribution in [3.63, 3.8) is 0 Å². The lowest BCUT2D eigenvalue weighted by atomic mass is 10.1. The molecule has 1 heterocycles. The van der Waals surface area contributed by atoms with Crippen LogP contribution in [0.25, 0.3) is 0 Å². The van der Waals surface area contributed by atoms with Crippen molar-refractivity contribution in [3.05, 3.63) is 58.9 Å². The molecule has 4 N–H and O–H groups in total. The number of amides is 1. The lowest BCUT2D eigenvalue weighted by Crippen LogP contribution is -2.33. The van der Waals surface area contributed by atoms with Crippen molar-refractivity contribution in [1.29, 1.82) is 0 Å². The predicted octanol–water partition coefficient (Wildman–Crippen LogP) is 1.80. The van der Waals surface area contributed by atoms with E-state index in [2.05, 4.69) is 4.98 Å². The highest BCUT2D eigenvalue weighted by atomic mass is 35.5. The second-order valence-electron chi connectivity index (χ2n) is 4.82. The van der Waals surface area contributed by atoms with Gasteiger partial charge in [-0.15, -0.1) is 0 Å². The highest BCUT2D eigenvalue weighted by Crippen LogP contribution is 2.17. The third-order valence-electron chi connectivity index (χ3n) is 3.02. The minimum Gasteiger partial charge on any atom is -0.399 e. The second-order valence-corrected chi connectivity index (χ2v) is 5.23.